The molecule has 0 amide bonds. The van der Waals surface area contributed by atoms with Crippen LogP contribution in [0.25, 0.3) is 0 Å². The number of hydrogen-bond acceptors (Lipinski definition) is 7. The van der Waals surface area contributed by atoms with Crippen molar-refractivity contribution in [2.45, 2.75) is 58.1 Å². The van der Waals surface area contributed by atoms with Gasteiger partial charge in [-0.25, -0.2) is 0 Å². The fraction of sp³-hybridized carbons (Fsp3) is 0.500. The lowest BCUT2D eigenvalue weighted by Crippen LogP contribution is -2.49. The lowest BCUT2D eigenvalue weighted by atomic mass is 9.83. The first-order chi connectivity index (χ1) is 19.3. The van der Waals surface area contributed by atoms with Crippen LogP contribution in [0.2, 0.25) is 0 Å². The molecule has 7 bridgehead atoms. The fourth-order valence-electron chi connectivity index (χ4n) is 5.94. The van der Waals surface area contributed by atoms with Crippen LogP contribution in [0.1, 0.15) is 59.9 Å². The van der Waals surface area contributed by atoms with Gasteiger partial charge < -0.3 is 20.5 Å². The van der Waals surface area contributed by atoms with Gasteiger partial charge in [-0.2, -0.15) is 17.0 Å². The van der Waals surface area contributed by atoms with E-state index in [-0.39, 0.29) is 24.4 Å². The van der Waals surface area contributed by atoms with Gasteiger partial charge in [-0.3, -0.25) is 4.79 Å². The van der Waals surface area contributed by atoms with E-state index in [0.29, 0.717) is 70.9 Å². The summed E-state index contributed by atoms with van der Waals surface area (Å²) in [7, 11) is -3.60. The summed E-state index contributed by atoms with van der Waals surface area (Å²) in [6, 6.07) is 10.2. The second-order valence-electron chi connectivity index (χ2n) is 10.7. The molecule has 2 atom stereocenters. The maximum absolute atomic E-state index is 13.6. The maximum Gasteiger partial charge on any atom is 0.306 e. The third-order valence-electron chi connectivity index (χ3n) is 8.28. The number of anilines is 2. The first-order valence-corrected chi connectivity index (χ1v) is 15.6. The van der Waals surface area contributed by atoms with Crippen LogP contribution in [-0.4, -0.2) is 68.5 Å². The molecule has 1 fully saturated rings. The Labute approximate surface area is 237 Å². The number of nitrogens with two attached hydrogens (primary N) is 1. The second kappa shape index (κ2) is 12.3. The topological polar surface area (TPSA) is 114 Å². The third kappa shape index (κ3) is 6.05. The number of carbonyl (C=O) groups is 1. The van der Waals surface area contributed by atoms with Gasteiger partial charge in [0.25, 0.3) is 10.2 Å². The summed E-state index contributed by atoms with van der Waals surface area (Å²) in [5.74, 6) is -0.561. The Bertz CT molecular complexity index is 1370. The Morgan fingerprint density at radius 1 is 1.10 bits per heavy atom. The zero-order valence-corrected chi connectivity index (χ0v) is 24.2. The minimum atomic E-state index is -3.60. The Hall–Kier alpha value is -2.92. The van der Waals surface area contributed by atoms with Crippen LogP contribution >= 0.6 is 0 Å². The number of nitrogens with zero attached hydrogens (tertiary/aromatic N) is 2. The van der Waals surface area contributed by atoms with Crippen LogP contribution in [0.3, 0.4) is 0 Å². The van der Waals surface area contributed by atoms with Crippen molar-refractivity contribution in [2.24, 2.45) is 0 Å². The molecule has 0 saturated carbocycles. The number of rotatable bonds is 3. The predicted molar refractivity (Wildman–Crippen MR) is 156 cm³/mol. The number of esters is 1. The molecule has 10 heteroatoms. The summed E-state index contributed by atoms with van der Waals surface area (Å²) in [4.78, 5) is 12.7. The van der Waals surface area contributed by atoms with Gasteiger partial charge >= 0.3 is 5.97 Å². The Morgan fingerprint density at radius 3 is 2.67 bits per heavy atom. The van der Waals surface area contributed by atoms with E-state index in [2.05, 4.69) is 23.5 Å². The first-order valence-electron chi connectivity index (χ1n) is 14.2. The van der Waals surface area contributed by atoms with Gasteiger partial charge in [-0.05, 0) is 67.0 Å². The van der Waals surface area contributed by atoms with E-state index in [1.54, 1.807) is 15.5 Å². The third-order valence-corrected chi connectivity index (χ3v) is 10.3. The molecular formula is C30H40N4O5S. The average Bonchev–Trinajstić information content (AvgIpc) is 2.95. The van der Waals surface area contributed by atoms with Crippen molar-refractivity contribution in [3.63, 3.8) is 0 Å². The SMILES string of the molecule is CCOC(=O)CC1c2ccc3c(c2)CN(CC3)S(=O)(=O)N2CCC(CC2)OC/C=C\CNc2ccc1c(C)c2N. The van der Waals surface area contributed by atoms with E-state index >= 15 is 0 Å². The van der Waals surface area contributed by atoms with Gasteiger partial charge in [-0.1, -0.05) is 36.4 Å². The number of ether oxygens (including phenoxy) is 2. The Kier molecular flexibility index (Phi) is 8.80. The molecule has 0 aromatic heterocycles. The number of nitrogens with one attached hydrogen (secondary N) is 1. The standard InChI is InChI=1S/C30H40N4O5S/c1-3-38-29(35)19-27-23-7-6-22-10-14-34(20-24(22)18-23)40(36,37)33-15-11-25(12-16-33)39-17-5-4-13-32-28-9-8-26(27)21(2)30(28)31/h4-9,18,25,27,32H,3,10-17,19-20,31H2,1-2H3/b5-4-. The number of hydrogen-bond donors (Lipinski definition) is 2. The van der Waals surface area contributed by atoms with Gasteiger partial charge in [0.2, 0.25) is 0 Å². The highest BCUT2D eigenvalue weighted by Crippen LogP contribution is 2.37. The quantitative estimate of drug-likeness (QED) is 0.330. The highest BCUT2D eigenvalue weighted by Gasteiger charge is 2.35. The van der Waals surface area contributed by atoms with Crippen molar-refractivity contribution < 1.29 is 22.7 Å². The van der Waals surface area contributed by atoms with Crippen molar-refractivity contribution in [2.75, 3.05) is 50.4 Å². The molecule has 2 unspecified atom stereocenters. The molecule has 9 nitrogen and oxygen atoms in total. The Morgan fingerprint density at radius 2 is 1.90 bits per heavy atom. The molecule has 0 aliphatic carbocycles. The van der Waals surface area contributed by atoms with Crippen molar-refractivity contribution >= 4 is 27.6 Å². The lowest BCUT2D eigenvalue weighted by Gasteiger charge is -2.36. The normalized spacial score (nSPS) is 26.9. The van der Waals surface area contributed by atoms with E-state index in [4.69, 9.17) is 15.2 Å². The highest BCUT2D eigenvalue weighted by molar-refractivity contribution is 7.86. The summed E-state index contributed by atoms with van der Waals surface area (Å²) in [6.07, 6.45) is 6.20. The smallest absolute Gasteiger partial charge is 0.306 e. The first kappa shape index (κ1) is 28.6. The maximum atomic E-state index is 13.6. The van der Waals surface area contributed by atoms with Gasteiger partial charge in [0, 0.05) is 38.6 Å². The predicted octanol–water partition coefficient (Wildman–Crippen LogP) is 3.73. The highest BCUT2D eigenvalue weighted by atomic mass is 32.2. The van der Waals surface area contributed by atoms with Gasteiger partial charge in [-0.15, -0.1) is 0 Å². The van der Waals surface area contributed by atoms with Crippen molar-refractivity contribution in [3.05, 3.63) is 70.3 Å². The minimum Gasteiger partial charge on any atom is -0.466 e. The molecule has 2 aromatic carbocycles. The van der Waals surface area contributed by atoms with E-state index < -0.39 is 10.2 Å². The molecule has 6 aliphatic rings. The average molecular weight is 569 g/mol. The summed E-state index contributed by atoms with van der Waals surface area (Å²) in [5, 5.41) is 3.38. The summed E-state index contributed by atoms with van der Waals surface area (Å²) >= 11 is 0. The number of benzene rings is 2. The van der Waals surface area contributed by atoms with Gasteiger partial charge in [0.1, 0.15) is 0 Å². The van der Waals surface area contributed by atoms with Gasteiger partial charge in [0.15, 0.2) is 0 Å². The molecule has 8 rings (SSSR count). The molecule has 0 radical (unpaired) electrons. The molecule has 6 aliphatic heterocycles. The van der Waals surface area contributed by atoms with Crippen LogP contribution < -0.4 is 11.1 Å². The molecule has 6 heterocycles. The largest absolute Gasteiger partial charge is 0.466 e. The number of piperidine rings is 1. The van der Waals surface area contributed by atoms with Crippen LogP contribution in [0.4, 0.5) is 11.4 Å². The van der Waals surface area contributed by atoms with E-state index in [0.717, 1.165) is 33.5 Å². The molecule has 3 N–H and O–H groups in total. The number of nitrogen functional groups attached to an aromatic ring is 1. The van der Waals surface area contributed by atoms with Crippen molar-refractivity contribution in [1.82, 2.24) is 8.61 Å². The molecular weight excluding hydrogens is 528 g/mol. The van der Waals surface area contributed by atoms with Crippen molar-refractivity contribution in [3.8, 4) is 0 Å². The van der Waals surface area contributed by atoms with Crippen molar-refractivity contribution in [1.29, 1.82) is 0 Å². The van der Waals surface area contributed by atoms with E-state index in [9.17, 15) is 13.2 Å². The van der Waals surface area contributed by atoms with E-state index in [1.807, 2.05) is 31.2 Å². The summed E-state index contributed by atoms with van der Waals surface area (Å²) < 4.78 is 41.8. The minimum absolute atomic E-state index is 0.0463. The Balaban J connectivity index is 1.54. The van der Waals surface area contributed by atoms with E-state index in [1.165, 1.54) is 0 Å². The van der Waals surface area contributed by atoms with Gasteiger partial charge in [0.05, 0.1) is 37.1 Å². The second-order valence-corrected chi connectivity index (χ2v) is 12.6. The fourth-order valence-corrected chi connectivity index (χ4v) is 7.56. The van der Waals surface area contributed by atoms with Crippen LogP contribution in [0.15, 0.2) is 42.5 Å². The molecule has 1 saturated heterocycles. The summed E-state index contributed by atoms with van der Waals surface area (Å²) in [5.41, 5.74) is 13.0. The van der Waals surface area contributed by atoms with Crippen LogP contribution in [-0.2, 0) is 37.4 Å². The summed E-state index contributed by atoms with van der Waals surface area (Å²) in [6.45, 7) is 6.82. The number of carbonyl (C=O) groups excluding carboxylic acids is 1. The zero-order chi connectivity index (χ0) is 28.3. The van der Waals surface area contributed by atoms with Crippen LogP contribution in [0, 0.1) is 6.92 Å². The monoisotopic (exact) mass is 568 g/mol. The molecule has 216 valence electrons. The lowest BCUT2D eigenvalue weighted by molar-refractivity contribution is -0.143. The zero-order valence-electron chi connectivity index (χ0n) is 23.4. The molecule has 2 aromatic rings. The van der Waals surface area contributed by atoms with Crippen LogP contribution in [0.5, 0.6) is 0 Å². The molecule has 0 spiro atoms. The molecule has 40 heavy (non-hydrogen) atoms.